The number of rotatable bonds is 7. The number of nitrogens with zero attached hydrogens (tertiary/aromatic N) is 3. The number of aryl methyl sites for hydroxylation is 1. The zero-order valence-corrected chi connectivity index (χ0v) is 19.2. The van der Waals surface area contributed by atoms with E-state index in [4.69, 9.17) is 4.99 Å². The number of piperidine rings is 1. The van der Waals surface area contributed by atoms with E-state index in [0.717, 1.165) is 62.1 Å². The van der Waals surface area contributed by atoms with Gasteiger partial charge in [0.05, 0.1) is 15.6 Å². The Morgan fingerprint density at radius 3 is 2.79 bits per heavy atom. The van der Waals surface area contributed by atoms with Crippen molar-refractivity contribution in [1.82, 2.24) is 20.5 Å². The Morgan fingerprint density at radius 2 is 2.14 bits per heavy atom. The largest absolute Gasteiger partial charge is 0.359 e. The van der Waals surface area contributed by atoms with E-state index in [1.807, 2.05) is 18.3 Å². The maximum atomic E-state index is 11.6. The minimum Gasteiger partial charge on any atom is -0.359 e. The molecule has 1 aliphatic rings. The van der Waals surface area contributed by atoms with E-state index < -0.39 is 0 Å². The molecule has 8 heteroatoms. The number of hydrogen-bond acceptors (Lipinski definition) is 5. The van der Waals surface area contributed by atoms with Crippen LogP contribution in [0.5, 0.6) is 0 Å². The van der Waals surface area contributed by atoms with Gasteiger partial charge in [0.2, 0.25) is 5.91 Å². The second-order valence-electron chi connectivity index (χ2n) is 7.31. The predicted octanol–water partition coefficient (Wildman–Crippen LogP) is 3.54. The van der Waals surface area contributed by atoms with Gasteiger partial charge >= 0.3 is 0 Å². The highest BCUT2D eigenvalue weighted by Gasteiger charge is 2.23. The first-order chi connectivity index (χ1) is 14.1. The smallest absolute Gasteiger partial charge is 0.220 e. The van der Waals surface area contributed by atoms with Crippen LogP contribution in [-0.2, 0) is 11.2 Å². The maximum Gasteiger partial charge on any atom is 0.220 e. The lowest BCUT2D eigenvalue weighted by molar-refractivity contribution is -0.121. The van der Waals surface area contributed by atoms with Crippen molar-refractivity contribution in [2.75, 3.05) is 33.2 Å². The van der Waals surface area contributed by atoms with Gasteiger partial charge < -0.3 is 15.5 Å². The molecule has 6 nitrogen and oxygen atoms in total. The fourth-order valence-electron chi connectivity index (χ4n) is 3.54. The number of aromatic nitrogens is 1. The van der Waals surface area contributed by atoms with Crippen LogP contribution < -0.4 is 10.6 Å². The molecule has 158 valence electrons. The standard InChI is InChI=1S/C21H31N5OS2/c1-4-23-21(26-11-8-16(9-12-26)13-20(27)22-3)24-10-7-17-5-6-19(29-17)18-14-28-15(2)25-18/h5-6,14,16H,4,7-13H2,1-3H3,(H,22,27)(H,23,24). The average molecular weight is 434 g/mol. The molecule has 0 spiro atoms. The summed E-state index contributed by atoms with van der Waals surface area (Å²) in [5, 5.41) is 9.39. The number of thiophene rings is 1. The van der Waals surface area contributed by atoms with E-state index in [1.54, 1.807) is 18.4 Å². The number of aliphatic imine (C=N–C) groups is 1. The summed E-state index contributed by atoms with van der Waals surface area (Å²) in [5.74, 6) is 1.62. The molecule has 1 aliphatic heterocycles. The van der Waals surface area contributed by atoms with Crippen molar-refractivity contribution < 1.29 is 4.79 Å². The number of carbonyl (C=O) groups is 1. The van der Waals surface area contributed by atoms with Crippen LogP contribution >= 0.6 is 22.7 Å². The van der Waals surface area contributed by atoms with Crippen molar-refractivity contribution in [2.24, 2.45) is 10.9 Å². The highest BCUT2D eigenvalue weighted by atomic mass is 32.1. The molecular weight excluding hydrogens is 402 g/mol. The molecule has 1 fully saturated rings. The van der Waals surface area contributed by atoms with E-state index >= 15 is 0 Å². The van der Waals surface area contributed by atoms with E-state index in [9.17, 15) is 4.79 Å². The van der Waals surface area contributed by atoms with Crippen molar-refractivity contribution in [2.45, 2.75) is 39.5 Å². The Kier molecular flexibility index (Phi) is 8.06. The normalized spacial score (nSPS) is 15.6. The Hall–Kier alpha value is -1.93. The van der Waals surface area contributed by atoms with Gasteiger partial charge in [0.1, 0.15) is 0 Å². The molecule has 0 atom stereocenters. The molecule has 29 heavy (non-hydrogen) atoms. The SMILES string of the molecule is CCNC(=NCCc1ccc(-c2csc(C)n2)s1)N1CCC(CC(=O)NC)CC1. The van der Waals surface area contributed by atoms with E-state index in [-0.39, 0.29) is 5.91 Å². The summed E-state index contributed by atoms with van der Waals surface area (Å²) in [7, 11) is 1.71. The number of hydrogen-bond donors (Lipinski definition) is 2. The van der Waals surface area contributed by atoms with Crippen molar-refractivity contribution in [3.05, 3.63) is 27.4 Å². The zero-order chi connectivity index (χ0) is 20.6. The molecule has 1 amide bonds. The molecule has 0 radical (unpaired) electrons. The van der Waals surface area contributed by atoms with Crippen LogP contribution in [0.2, 0.25) is 0 Å². The lowest BCUT2D eigenvalue weighted by atomic mass is 9.93. The van der Waals surface area contributed by atoms with E-state index in [0.29, 0.717) is 12.3 Å². The molecule has 0 saturated carbocycles. The molecular formula is C21H31N5OS2. The summed E-state index contributed by atoms with van der Waals surface area (Å²) >= 11 is 3.50. The lowest BCUT2D eigenvalue weighted by Crippen LogP contribution is -2.46. The summed E-state index contributed by atoms with van der Waals surface area (Å²) in [6, 6.07) is 4.36. The maximum absolute atomic E-state index is 11.6. The van der Waals surface area contributed by atoms with Crippen LogP contribution in [0, 0.1) is 12.8 Å². The third-order valence-electron chi connectivity index (χ3n) is 5.15. The molecule has 2 N–H and O–H groups in total. The zero-order valence-electron chi connectivity index (χ0n) is 17.5. The lowest BCUT2D eigenvalue weighted by Gasteiger charge is -2.34. The van der Waals surface area contributed by atoms with Gasteiger partial charge in [-0.05, 0) is 44.7 Å². The van der Waals surface area contributed by atoms with Gasteiger partial charge in [-0.3, -0.25) is 9.79 Å². The Labute approximate surface area is 181 Å². The first kappa shape index (κ1) is 21.8. The quantitative estimate of drug-likeness (QED) is 0.518. The number of carbonyl (C=O) groups excluding carboxylic acids is 1. The molecule has 0 aliphatic carbocycles. The van der Waals surface area contributed by atoms with Gasteiger partial charge in [0.25, 0.3) is 0 Å². The van der Waals surface area contributed by atoms with Gasteiger partial charge in [0.15, 0.2) is 5.96 Å². The van der Waals surface area contributed by atoms with Crippen molar-refractivity contribution in [3.8, 4) is 10.6 Å². The van der Waals surface area contributed by atoms with Crippen LogP contribution in [0.25, 0.3) is 10.6 Å². The Morgan fingerprint density at radius 1 is 1.34 bits per heavy atom. The molecule has 3 rings (SSSR count). The summed E-state index contributed by atoms with van der Waals surface area (Å²) in [6.07, 6.45) is 3.66. The summed E-state index contributed by atoms with van der Waals surface area (Å²) in [5.41, 5.74) is 1.08. The fourth-order valence-corrected chi connectivity index (χ4v) is 5.18. The average Bonchev–Trinajstić information content (AvgIpc) is 3.37. The fraction of sp³-hybridized carbons (Fsp3) is 0.571. The molecule has 0 bridgehead atoms. The first-order valence-corrected chi connectivity index (χ1v) is 12.0. The Bertz CT molecular complexity index is 821. The van der Waals surface area contributed by atoms with Crippen LogP contribution in [0.4, 0.5) is 0 Å². The van der Waals surface area contributed by atoms with Crippen LogP contribution in [0.1, 0.15) is 36.1 Å². The summed E-state index contributed by atoms with van der Waals surface area (Å²) in [4.78, 5) is 26.0. The topological polar surface area (TPSA) is 69.6 Å². The van der Waals surface area contributed by atoms with Crippen LogP contribution in [0.3, 0.4) is 0 Å². The van der Waals surface area contributed by atoms with E-state index in [2.05, 4.69) is 45.0 Å². The minimum atomic E-state index is 0.146. The minimum absolute atomic E-state index is 0.146. The second kappa shape index (κ2) is 10.7. The number of thiazole rings is 1. The third kappa shape index (κ3) is 6.27. The molecule has 2 aromatic rings. The number of guanidine groups is 1. The molecule has 0 aromatic carbocycles. The highest BCUT2D eigenvalue weighted by Crippen LogP contribution is 2.29. The monoisotopic (exact) mass is 433 g/mol. The van der Waals surface area contributed by atoms with E-state index in [1.165, 1.54) is 9.75 Å². The van der Waals surface area contributed by atoms with Crippen LogP contribution in [-0.4, -0.2) is 55.0 Å². The molecule has 3 heterocycles. The van der Waals surface area contributed by atoms with Crippen LogP contribution in [0.15, 0.2) is 22.5 Å². The van der Waals surface area contributed by atoms with Gasteiger partial charge in [-0.1, -0.05) is 0 Å². The van der Waals surface area contributed by atoms with Gasteiger partial charge in [-0.2, -0.15) is 0 Å². The third-order valence-corrected chi connectivity index (χ3v) is 7.10. The van der Waals surface area contributed by atoms with Crippen molar-refractivity contribution in [3.63, 3.8) is 0 Å². The summed E-state index contributed by atoms with van der Waals surface area (Å²) in [6.45, 7) is 7.70. The molecule has 2 aromatic heterocycles. The summed E-state index contributed by atoms with van der Waals surface area (Å²) < 4.78 is 0. The number of amides is 1. The first-order valence-electron chi connectivity index (χ1n) is 10.3. The van der Waals surface area contributed by atoms with Crippen molar-refractivity contribution >= 4 is 34.5 Å². The molecule has 0 unspecified atom stereocenters. The highest BCUT2D eigenvalue weighted by molar-refractivity contribution is 7.16. The van der Waals surface area contributed by atoms with Gasteiger partial charge in [-0.15, -0.1) is 22.7 Å². The molecule has 1 saturated heterocycles. The number of nitrogens with one attached hydrogen (secondary N) is 2. The van der Waals surface area contributed by atoms with Gasteiger partial charge in [0, 0.05) is 56.3 Å². The van der Waals surface area contributed by atoms with Crippen molar-refractivity contribution in [1.29, 1.82) is 0 Å². The predicted molar refractivity (Wildman–Crippen MR) is 123 cm³/mol. The Balaban J connectivity index is 1.52. The number of likely N-dealkylation sites (tertiary alicyclic amines) is 1. The van der Waals surface area contributed by atoms with Gasteiger partial charge in [-0.25, -0.2) is 4.98 Å². The second-order valence-corrected chi connectivity index (χ2v) is 9.54.